The summed E-state index contributed by atoms with van der Waals surface area (Å²) in [7, 11) is 3.45. The van der Waals surface area contributed by atoms with Crippen molar-refractivity contribution in [2.75, 3.05) is 20.7 Å². The Morgan fingerprint density at radius 1 is 1.38 bits per heavy atom. The Kier molecular flexibility index (Phi) is 7.48. The molecular formula is C20H27IN6O2. The van der Waals surface area contributed by atoms with Crippen molar-refractivity contribution in [3.05, 3.63) is 47.7 Å². The van der Waals surface area contributed by atoms with E-state index in [9.17, 15) is 0 Å². The lowest BCUT2D eigenvalue weighted by Gasteiger charge is -2.25. The van der Waals surface area contributed by atoms with Crippen LogP contribution < -0.4 is 10.6 Å². The number of aryl methyl sites for hydroxylation is 1. The van der Waals surface area contributed by atoms with E-state index >= 15 is 0 Å². The minimum Gasteiger partial charge on any atom is -0.461 e. The number of methoxy groups -OCH3 is 1. The standard InChI is InChI=1S/C20H26N6O2.HI/c1-21-20(22-10-9-16-11-14-5-3-4-6-17(14)28-16)23-15-7-8-19-24-18(13-27-2)25-26(19)12-15;/h3-6,11,15H,7-10,12-13H2,1-2H3,(H2,21,22,23);1H. The molecule has 0 spiro atoms. The first-order valence-corrected chi connectivity index (χ1v) is 9.61. The number of rotatable bonds is 6. The molecule has 0 amide bonds. The lowest BCUT2D eigenvalue weighted by molar-refractivity contribution is 0.177. The van der Waals surface area contributed by atoms with Gasteiger partial charge in [0.05, 0.1) is 6.54 Å². The highest BCUT2D eigenvalue weighted by atomic mass is 127. The van der Waals surface area contributed by atoms with E-state index in [1.807, 2.05) is 22.9 Å². The Morgan fingerprint density at radius 3 is 3.03 bits per heavy atom. The third kappa shape index (κ3) is 5.27. The minimum atomic E-state index is 0. The number of hydrogen-bond acceptors (Lipinski definition) is 5. The van der Waals surface area contributed by atoms with Crippen molar-refractivity contribution in [1.29, 1.82) is 0 Å². The fourth-order valence-electron chi connectivity index (χ4n) is 3.52. The number of nitrogens with zero attached hydrogens (tertiary/aromatic N) is 4. The lowest BCUT2D eigenvalue weighted by atomic mass is 10.1. The molecule has 1 aliphatic heterocycles. The van der Waals surface area contributed by atoms with Crippen LogP contribution in [0.2, 0.25) is 0 Å². The number of aliphatic imine (C=N–C) groups is 1. The van der Waals surface area contributed by atoms with Crippen molar-refractivity contribution in [2.45, 2.75) is 38.5 Å². The Hall–Kier alpha value is -2.14. The van der Waals surface area contributed by atoms with Gasteiger partial charge in [0.25, 0.3) is 0 Å². The summed E-state index contributed by atoms with van der Waals surface area (Å²) in [6.45, 7) is 1.97. The van der Waals surface area contributed by atoms with Gasteiger partial charge in [0, 0.05) is 45.0 Å². The summed E-state index contributed by atoms with van der Waals surface area (Å²) in [5.41, 5.74) is 0.929. The highest BCUT2D eigenvalue weighted by molar-refractivity contribution is 14.0. The maximum Gasteiger partial charge on any atom is 0.191 e. The van der Waals surface area contributed by atoms with Gasteiger partial charge in [0.2, 0.25) is 0 Å². The molecule has 3 heterocycles. The number of nitrogens with one attached hydrogen (secondary N) is 2. The molecule has 3 aromatic rings. The zero-order chi connectivity index (χ0) is 19.3. The van der Waals surface area contributed by atoms with Gasteiger partial charge in [0.1, 0.15) is 23.8 Å². The Labute approximate surface area is 187 Å². The SMILES string of the molecule is CN=C(NCCc1cc2ccccc2o1)NC1CCc2nc(COC)nn2C1.I. The largest absolute Gasteiger partial charge is 0.461 e. The van der Waals surface area contributed by atoms with Crippen LogP contribution in [0, 0.1) is 0 Å². The molecule has 1 unspecified atom stereocenters. The number of fused-ring (bicyclic) bond motifs is 2. The van der Waals surface area contributed by atoms with Gasteiger partial charge in [-0.05, 0) is 18.6 Å². The number of para-hydroxylation sites is 1. The van der Waals surface area contributed by atoms with Gasteiger partial charge in [0.15, 0.2) is 11.8 Å². The molecule has 0 aliphatic carbocycles. The third-order valence-electron chi connectivity index (χ3n) is 4.88. The van der Waals surface area contributed by atoms with Gasteiger partial charge in [-0.3, -0.25) is 4.99 Å². The van der Waals surface area contributed by atoms with Crippen molar-refractivity contribution >= 4 is 40.9 Å². The molecule has 0 bridgehead atoms. The van der Waals surface area contributed by atoms with Gasteiger partial charge in [-0.25, -0.2) is 9.67 Å². The monoisotopic (exact) mass is 510 g/mol. The summed E-state index contributed by atoms with van der Waals surface area (Å²) < 4.78 is 13.0. The molecule has 2 aromatic heterocycles. The van der Waals surface area contributed by atoms with Crippen molar-refractivity contribution in [3.8, 4) is 0 Å². The number of hydrogen-bond donors (Lipinski definition) is 2. The quantitative estimate of drug-likeness (QED) is 0.301. The summed E-state index contributed by atoms with van der Waals surface area (Å²) in [6, 6.07) is 10.4. The first-order chi connectivity index (χ1) is 13.7. The number of guanidine groups is 1. The number of aromatic nitrogens is 3. The van der Waals surface area contributed by atoms with E-state index in [1.165, 1.54) is 0 Å². The zero-order valence-corrected chi connectivity index (χ0v) is 19.1. The van der Waals surface area contributed by atoms with E-state index in [1.54, 1.807) is 14.2 Å². The van der Waals surface area contributed by atoms with E-state index in [4.69, 9.17) is 9.15 Å². The van der Waals surface area contributed by atoms with Crippen LogP contribution in [0.4, 0.5) is 0 Å². The highest BCUT2D eigenvalue weighted by Gasteiger charge is 2.22. The van der Waals surface area contributed by atoms with Crippen LogP contribution in [-0.4, -0.2) is 47.5 Å². The maximum atomic E-state index is 5.87. The van der Waals surface area contributed by atoms with Gasteiger partial charge >= 0.3 is 0 Å². The smallest absolute Gasteiger partial charge is 0.191 e. The molecule has 1 aliphatic rings. The van der Waals surface area contributed by atoms with E-state index in [-0.39, 0.29) is 30.0 Å². The van der Waals surface area contributed by atoms with Crippen molar-refractivity contribution < 1.29 is 9.15 Å². The van der Waals surface area contributed by atoms with E-state index in [2.05, 4.69) is 37.8 Å². The van der Waals surface area contributed by atoms with Crippen LogP contribution >= 0.6 is 24.0 Å². The zero-order valence-electron chi connectivity index (χ0n) is 16.7. The molecule has 9 heteroatoms. The Balaban J connectivity index is 0.00000240. The van der Waals surface area contributed by atoms with Crippen molar-refractivity contribution in [1.82, 2.24) is 25.4 Å². The summed E-state index contributed by atoms with van der Waals surface area (Å²) in [6.07, 6.45) is 2.69. The second-order valence-corrected chi connectivity index (χ2v) is 6.94. The number of furan rings is 1. The minimum absolute atomic E-state index is 0. The third-order valence-corrected chi connectivity index (χ3v) is 4.88. The topological polar surface area (TPSA) is 89.5 Å². The Morgan fingerprint density at radius 2 is 2.24 bits per heavy atom. The first-order valence-electron chi connectivity index (χ1n) is 9.61. The summed E-state index contributed by atoms with van der Waals surface area (Å²) in [4.78, 5) is 8.86. The summed E-state index contributed by atoms with van der Waals surface area (Å²) >= 11 is 0. The van der Waals surface area contributed by atoms with Crippen LogP contribution in [0.5, 0.6) is 0 Å². The maximum absolute atomic E-state index is 5.87. The highest BCUT2D eigenvalue weighted by Crippen LogP contribution is 2.18. The van der Waals surface area contributed by atoms with Crippen molar-refractivity contribution in [2.24, 2.45) is 4.99 Å². The molecule has 0 radical (unpaired) electrons. The summed E-state index contributed by atoms with van der Waals surface area (Å²) in [5, 5.41) is 12.5. The van der Waals surface area contributed by atoms with Gasteiger partial charge < -0.3 is 19.8 Å². The number of benzene rings is 1. The second kappa shape index (κ2) is 10.1. The van der Waals surface area contributed by atoms with Crippen molar-refractivity contribution in [3.63, 3.8) is 0 Å². The van der Waals surface area contributed by atoms with Crippen LogP contribution in [0.3, 0.4) is 0 Å². The number of halogens is 1. The summed E-state index contributed by atoms with van der Waals surface area (Å²) in [5.74, 6) is 3.53. The lowest BCUT2D eigenvalue weighted by Crippen LogP contribution is -2.47. The second-order valence-electron chi connectivity index (χ2n) is 6.94. The predicted molar refractivity (Wildman–Crippen MR) is 123 cm³/mol. The van der Waals surface area contributed by atoms with Crippen LogP contribution in [0.25, 0.3) is 11.0 Å². The van der Waals surface area contributed by atoms with E-state index in [0.717, 1.165) is 66.7 Å². The van der Waals surface area contributed by atoms with E-state index < -0.39 is 0 Å². The molecule has 0 fully saturated rings. The average molecular weight is 510 g/mol. The Bertz CT molecular complexity index is 934. The molecule has 8 nitrogen and oxygen atoms in total. The number of ether oxygens (including phenoxy) is 1. The van der Waals surface area contributed by atoms with Gasteiger partial charge in [-0.2, -0.15) is 5.10 Å². The fourth-order valence-corrected chi connectivity index (χ4v) is 3.52. The molecule has 29 heavy (non-hydrogen) atoms. The van der Waals surface area contributed by atoms with Gasteiger partial charge in [-0.15, -0.1) is 24.0 Å². The van der Waals surface area contributed by atoms with Crippen LogP contribution in [0.15, 0.2) is 39.7 Å². The molecule has 1 aromatic carbocycles. The molecule has 0 saturated carbocycles. The molecule has 156 valence electrons. The molecule has 2 N–H and O–H groups in total. The normalized spacial score (nSPS) is 16.3. The molecule has 4 rings (SSSR count). The predicted octanol–water partition coefficient (Wildman–Crippen LogP) is 2.51. The first kappa shape index (κ1) is 21.6. The van der Waals surface area contributed by atoms with Gasteiger partial charge in [-0.1, -0.05) is 18.2 Å². The van der Waals surface area contributed by atoms with Crippen LogP contribution in [0.1, 0.15) is 23.8 Å². The molecule has 1 atom stereocenters. The fraction of sp³-hybridized carbons (Fsp3) is 0.450. The van der Waals surface area contributed by atoms with Crippen LogP contribution in [-0.2, 0) is 30.7 Å². The molecular weight excluding hydrogens is 483 g/mol. The molecule has 0 saturated heterocycles. The average Bonchev–Trinajstić information content (AvgIpc) is 3.30. The van der Waals surface area contributed by atoms with E-state index in [0.29, 0.717) is 6.61 Å².